The Morgan fingerprint density at radius 2 is 2.00 bits per heavy atom. The summed E-state index contributed by atoms with van der Waals surface area (Å²) < 4.78 is 5.63. The van der Waals surface area contributed by atoms with Crippen LogP contribution in [0.1, 0.15) is 33.1 Å². The molecule has 0 saturated heterocycles. The Kier molecular flexibility index (Phi) is 6.38. The fourth-order valence-corrected chi connectivity index (χ4v) is 2.06. The van der Waals surface area contributed by atoms with Crippen LogP contribution in [-0.2, 0) is 0 Å². The fourth-order valence-electron chi connectivity index (χ4n) is 1.88. The first-order valence-electron chi connectivity index (χ1n) is 6.29. The van der Waals surface area contributed by atoms with E-state index >= 15 is 0 Å². The van der Waals surface area contributed by atoms with E-state index in [1.807, 2.05) is 24.3 Å². The molecule has 0 aliphatic heterocycles. The minimum Gasteiger partial charge on any atom is -0.492 e. The first-order chi connectivity index (χ1) is 8.15. The van der Waals surface area contributed by atoms with Gasteiger partial charge in [-0.05, 0) is 30.5 Å². The zero-order valence-electron chi connectivity index (χ0n) is 10.7. The molecule has 0 aliphatic carbocycles. The van der Waals surface area contributed by atoms with Crippen LogP contribution in [0.5, 0.6) is 5.75 Å². The first-order valence-corrected chi connectivity index (χ1v) is 6.67. The van der Waals surface area contributed by atoms with Crippen LogP contribution in [0.25, 0.3) is 0 Å². The molecule has 2 nitrogen and oxygen atoms in total. The second-order valence-electron chi connectivity index (χ2n) is 4.45. The zero-order chi connectivity index (χ0) is 12.7. The third-order valence-electron chi connectivity index (χ3n) is 3.05. The molecule has 1 atom stereocenters. The molecule has 1 rings (SSSR count). The Morgan fingerprint density at radius 3 is 2.59 bits per heavy atom. The first kappa shape index (κ1) is 14.3. The molecule has 3 heteroatoms. The molecule has 0 radical (unpaired) electrons. The van der Waals surface area contributed by atoms with Gasteiger partial charge >= 0.3 is 0 Å². The molecule has 2 N–H and O–H groups in total. The maximum absolute atomic E-state index is 6.05. The Hall–Kier alpha value is -0.730. The molecule has 0 bridgehead atoms. The fraction of sp³-hybridized carbons (Fsp3) is 0.571. The smallest absolute Gasteiger partial charge is 0.120 e. The Morgan fingerprint density at radius 1 is 1.29 bits per heavy atom. The maximum Gasteiger partial charge on any atom is 0.120 e. The molecular weight excluding hydrogens is 234 g/mol. The van der Waals surface area contributed by atoms with E-state index in [4.69, 9.17) is 22.1 Å². The summed E-state index contributed by atoms with van der Waals surface area (Å²) in [5.74, 6) is 1.49. The number of hydrogen-bond acceptors (Lipinski definition) is 2. The van der Waals surface area contributed by atoms with Crippen molar-refractivity contribution < 1.29 is 4.74 Å². The van der Waals surface area contributed by atoms with Gasteiger partial charge in [0.05, 0.1) is 0 Å². The SMILES string of the molecule is CCC(CC)CC(N)COc1cccc(Cl)c1. The van der Waals surface area contributed by atoms with Crippen molar-refractivity contribution in [3.05, 3.63) is 29.3 Å². The van der Waals surface area contributed by atoms with Crippen LogP contribution in [0.3, 0.4) is 0 Å². The predicted octanol–water partition coefficient (Wildman–Crippen LogP) is 3.87. The van der Waals surface area contributed by atoms with E-state index in [1.165, 1.54) is 12.8 Å². The number of halogens is 1. The van der Waals surface area contributed by atoms with Crippen LogP contribution in [0.4, 0.5) is 0 Å². The van der Waals surface area contributed by atoms with Crippen molar-refractivity contribution in [1.29, 1.82) is 0 Å². The van der Waals surface area contributed by atoms with Gasteiger partial charge in [-0.15, -0.1) is 0 Å². The highest BCUT2D eigenvalue weighted by atomic mass is 35.5. The molecule has 17 heavy (non-hydrogen) atoms. The lowest BCUT2D eigenvalue weighted by molar-refractivity contribution is 0.261. The average Bonchev–Trinajstić information content (AvgIpc) is 2.33. The topological polar surface area (TPSA) is 35.2 Å². The number of ether oxygens (including phenoxy) is 1. The molecular formula is C14H22ClNO. The highest BCUT2D eigenvalue weighted by Gasteiger charge is 2.10. The molecule has 0 spiro atoms. The lowest BCUT2D eigenvalue weighted by Gasteiger charge is -2.18. The van der Waals surface area contributed by atoms with E-state index in [1.54, 1.807) is 0 Å². The molecule has 0 saturated carbocycles. The Bertz CT molecular complexity index is 326. The van der Waals surface area contributed by atoms with Crippen LogP contribution >= 0.6 is 11.6 Å². The second kappa shape index (κ2) is 7.57. The van der Waals surface area contributed by atoms with Crippen molar-refractivity contribution in [2.75, 3.05) is 6.61 Å². The van der Waals surface area contributed by atoms with Gasteiger partial charge in [0.1, 0.15) is 12.4 Å². The monoisotopic (exact) mass is 255 g/mol. The number of nitrogens with two attached hydrogens (primary N) is 1. The minimum atomic E-state index is 0.0962. The van der Waals surface area contributed by atoms with Gasteiger partial charge in [-0.2, -0.15) is 0 Å². The number of benzene rings is 1. The van der Waals surface area contributed by atoms with E-state index in [2.05, 4.69) is 13.8 Å². The van der Waals surface area contributed by atoms with Gasteiger partial charge in [-0.1, -0.05) is 44.4 Å². The Balaban J connectivity index is 2.35. The lowest BCUT2D eigenvalue weighted by atomic mass is 9.95. The average molecular weight is 256 g/mol. The van der Waals surface area contributed by atoms with Gasteiger partial charge < -0.3 is 10.5 Å². The lowest BCUT2D eigenvalue weighted by Crippen LogP contribution is -2.30. The van der Waals surface area contributed by atoms with Crippen LogP contribution < -0.4 is 10.5 Å². The van der Waals surface area contributed by atoms with Crippen molar-refractivity contribution >= 4 is 11.6 Å². The molecule has 1 unspecified atom stereocenters. The third-order valence-corrected chi connectivity index (χ3v) is 3.29. The molecule has 0 fully saturated rings. The summed E-state index contributed by atoms with van der Waals surface area (Å²) in [5, 5.41) is 0.691. The van der Waals surface area contributed by atoms with E-state index < -0.39 is 0 Å². The van der Waals surface area contributed by atoms with Gasteiger partial charge in [-0.25, -0.2) is 0 Å². The molecule has 1 aromatic carbocycles. The summed E-state index contributed by atoms with van der Waals surface area (Å²) >= 11 is 5.88. The largest absolute Gasteiger partial charge is 0.492 e. The maximum atomic E-state index is 6.05. The summed E-state index contributed by atoms with van der Waals surface area (Å²) in [6.45, 7) is 4.97. The van der Waals surface area contributed by atoms with Crippen molar-refractivity contribution in [3.8, 4) is 5.75 Å². The predicted molar refractivity (Wildman–Crippen MR) is 73.6 cm³/mol. The zero-order valence-corrected chi connectivity index (χ0v) is 11.4. The number of rotatable bonds is 7. The molecule has 1 aromatic rings. The van der Waals surface area contributed by atoms with Gasteiger partial charge in [-0.3, -0.25) is 0 Å². The quantitative estimate of drug-likeness (QED) is 0.803. The molecule has 96 valence electrons. The van der Waals surface area contributed by atoms with Gasteiger partial charge in [0.15, 0.2) is 0 Å². The highest BCUT2D eigenvalue weighted by Crippen LogP contribution is 2.18. The molecule has 0 aliphatic rings. The van der Waals surface area contributed by atoms with Crippen LogP contribution in [0.15, 0.2) is 24.3 Å². The van der Waals surface area contributed by atoms with Crippen LogP contribution in [0.2, 0.25) is 5.02 Å². The third kappa shape index (κ3) is 5.42. The minimum absolute atomic E-state index is 0.0962. The van der Waals surface area contributed by atoms with Crippen molar-refractivity contribution in [3.63, 3.8) is 0 Å². The van der Waals surface area contributed by atoms with E-state index in [9.17, 15) is 0 Å². The standard InChI is InChI=1S/C14H22ClNO/c1-3-11(4-2)8-13(16)10-17-14-7-5-6-12(15)9-14/h5-7,9,11,13H,3-4,8,10,16H2,1-2H3. The van der Waals surface area contributed by atoms with Crippen LogP contribution in [-0.4, -0.2) is 12.6 Å². The summed E-state index contributed by atoms with van der Waals surface area (Å²) in [5.41, 5.74) is 6.05. The van der Waals surface area contributed by atoms with Crippen molar-refractivity contribution in [2.45, 2.75) is 39.2 Å². The molecule has 0 aromatic heterocycles. The van der Waals surface area contributed by atoms with E-state index in [-0.39, 0.29) is 6.04 Å². The summed E-state index contributed by atoms with van der Waals surface area (Å²) in [4.78, 5) is 0. The van der Waals surface area contributed by atoms with Gasteiger partial charge in [0.2, 0.25) is 0 Å². The molecule has 0 heterocycles. The van der Waals surface area contributed by atoms with Gasteiger partial charge in [0, 0.05) is 11.1 Å². The van der Waals surface area contributed by atoms with Crippen molar-refractivity contribution in [1.82, 2.24) is 0 Å². The summed E-state index contributed by atoms with van der Waals surface area (Å²) in [7, 11) is 0. The van der Waals surface area contributed by atoms with Gasteiger partial charge in [0.25, 0.3) is 0 Å². The van der Waals surface area contributed by atoms with E-state index in [0.717, 1.165) is 12.2 Å². The second-order valence-corrected chi connectivity index (χ2v) is 4.88. The Labute approximate surface area is 109 Å². The normalized spacial score (nSPS) is 12.8. The highest BCUT2D eigenvalue weighted by molar-refractivity contribution is 6.30. The number of hydrogen-bond donors (Lipinski definition) is 1. The van der Waals surface area contributed by atoms with Crippen molar-refractivity contribution in [2.24, 2.45) is 11.7 Å². The van der Waals surface area contributed by atoms with Crippen LogP contribution in [0, 0.1) is 5.92 Å². The summed E-state index contributed by atoms with van der Waals surface area (Å²) in [6, 6.07) is 7.52. The molecule has 0 amide bonds. The summed E-state index contributed by atoms with van der Waals surface area (Å²) in [6.07, 6.45) is 3.39. The van der Waals surface area contributed by atoms with E-state index in [0.29, 0.717) is 17.5 Å².